The molecule has 0 radical (unpaired) electrons. The summed E-state index contributed by atoms with van der Waals surface area (Å²) in [5, 5.41) is 0. The molecule has 2 unspecified atom stereocenters. The van der Waals surface area contributed by atoms with Gasteiger partial charge in [0, 0.05) is 24.2 Å². The van der Waals surface area contributed by atoms with Gasteiger partial charge in [0.05, 0.1) is 6.21 Å². The number of aromatic nitrogens is 1. The van der Waals surface area contributed by atoms with Crippen LogP contribution in [0.1, 0.15) is 31.7 Å². The summed E-state index contributed by atoms with van der Waals surface area (Å²) in [7, 11) is 0. The molecule has 1 aromatic rings. The Balaban J connectivity index is 2.43. The summed E-state index contributed by atoms with van der Waals surface area (Å²) in [6.07, 6.45) is 3.14. The number of amidine groups is 1. The third-order valence-electron chi connectivity index (χ3n) is 3.43. The third kappa shape index (κ3) is 3.45. The van der Waals surface area contributed by atoms with Gasteiger partial charge in [0.25, 0.3) is 0 Å². The Morgan fingerprint density at radius 1 is 1.45 bits per heavy atom. The first-order valence-electron chi connectivity index (χ1n) is 7.06. The van der Waals surface area contributed by atoms with E-state index in [1.807, 2.05) is 6.07 Å². The summed E-state index contributed by atoms with van der Waals surface area (Å²) in [6, 6.07) is 1.81. The van der Waals surface area contributed by atoms with Gasteiger partial charge in [0.2, 0.25) is 5.60 Å². The first-order chi connectivity index (χ1) is 10.4. The van der Waals surface area contributed by atoms with Crippen molar-refractivity contribution in [3.05, 3.63) is 22.4 Å². The van der Waals surface area contributed by atoms with Crippen molar-refractivity contribution in [3.8, 4) is 5.75 Å². The Kier molecular flexibility index (Phi) is 5.15. The molecule has 0 saturated carbocycles. The van der Waals surface area contributed by atoms with Gasteiger partial charge in [-0.25, -0.2) is 9.98 Å². The molecule has 0 spiro atoms. The van der Waals surface area contributed by atoms with Crippen LogP contribution in [0.25, 0.3) is 0 Å². The standard InChI is InChI=1S/C14H21BrN6O/c1-8(2)9-6-19-11(15)5-10(9)22-14(3-4-16)7-20-13(18)21-12(14)17/h5-8,13H,3-4,16,18H2,1-2H3,(H2,17,21). The fraction of sp³-hybridized carbons (Fsp3) is 0.500. The van der Waals surface area contributed by atoms with E-state index in [4.69, 9.17) is 21.9 Å². The Labute approximate surface area is 138 Å². The molecule has 0 aliphatic carbocycles. The maximum atomic E-state index is 6.21. The lowest BCUT2D eigenvalue weighted by Gasteiger charge is -2.33. The molecule has 1 aromatic heterocycles. The van der Waals surface area contributed by atoms with Gasteiger partial charge in [-0.1, -0.05) is 13.8 Å². The van der Waals surface area contributed by atoms with Crippen molar-refractivity contribution in [2.45, 2.75) is 38.1 Å². The summed E-state index contributed by atoms with van der Waals surface area (Å²) in [4.78, 5) is 12.5. The zero-order valence-corrected chi connectivity index (χ0v) is 14.2. The highest BCUT2D eigenvalue weighted by molar-refractivity contribution is 9.10. The number of halogens is 1. The monoisotopic (exact) mass is 368 g/mol. The van der Waals surface area contributed by atoms with Crippen LogP contribution < -0.4 is 21.9 Å². The zero-order valence-electron chi connectivity index (χ0n) is 12.7. The molecule has 2 heterocycles. The molecular formula is C14H21BrN6O. The fourth-order valence-corrected chi connectivity index (χ4v) is 2.54. The lowest BCUT2D eigenvalue weighted by molar-refractivity contribution is 0.199. The second-order valence-electron chi connectivity index (χ2n) is 5.44. The predicted octanol–water partition coefficient (Wildman–Crippen LogP) is 1.12. The van der Waals surface area contributed by atoms with Crippen LogP contribution in [0.3, 0.4) is 0 Å². The Bertz CT molecular complexity index is 603. The van der Waals surface area contributed by atoms with E-state index in [0.717, 1.165) is 5.56 Å². The summed E-state index contributed by atoms with van der Waals surface area (Å²) < 4.78 is 6.88. The first kappa shape index (κ1) is 16.9. The molecular weight excluding hydrogens is 348 g/mol. The number of pyridine rings is 1. The van der Waals surface area contributed by atoms with Crippen LogP contribution in [-0.4, -0.2) is 35.5 Å². The molecule has 0 aromatic carbocycles. The molecule has 0 fully saturated rings. The van der Waals surface area contributed by atoms with Crippen molar-refractivity contribution in [1.29, 1.82) is 0 Å². The van der Waals surface area contributed by atoms with E-state index in [0.29, 0.717) is 23.3 Å². The number of ether oxygens (including phenoxy) is 1. The van der Waals surface area contributed by atoms with Gasteiger partial charge in [0.15, 0.2) is 6.29 Å². The first-order valence-corrected chi connectivity index (χ1v) is 7.85. The van der Waals surface area contributed by atoms with E-state index in [1.165, 1.54) is 0 Å². The van der Waals surface area contributed by atoms with Gasteiger partial charge in [-0.15, -0.1) is 0 Å². The average Bonchev–Trinajstić information content (AvgIpc) is 2.43. The highest BCUT2D eigenvalue weighted by Gasteiger charge is 2.38. The van der Waals surface area contributed by atoms with Crippen molar-refractivity contribution in [1.82, 2.24) is 4.98 Å². The molecule has 0 bridgehead atoms. The van der Waals surface area contributed by atoms with Crippen LogP contribution in [0.4, 0.5) is 0 Å². The lowest BCUT2D eigenvalue weighted by atomic mass is 9.97. The summed E-state index contributed by atoms with van der Waals surface area (Å²) >= 11 is 3.36. The number of aliphatic imine (C=N–C) groups is 2. The SMILES string of the molecule is CC(C)c1cnc(Br)cc1OC1(CCN)C=NC(N)N=C1N. The van der Waals surface area contributed by atoms with E-state index in [2.05, 4.69) is 44.7 Å². The number of nitrogens with zero attached hydrogens (tertiary/aromatic N) is 3. The molecule has 2 rings (SSSR count). The molecule has 1 aliphatic heterocycles. The normalized spacial score (nSPS) is 24.5. The molecule has 0 amide bonds. The van der Waals surface area contributed by atoms with E-state index in [-0.39, 0.29) is 11.8 Å². The third-order valence-corrected chi connectivity index (χ3v) is 3.87. The van der Waals surface area contributed by atoms with E-state index in [1.54, 1.807) is 12.4 Å². The predicted molar refractivity (Wildman–Crippen MR) is 91.1 cm³/mol. The summed E-state index contributed by atoms with van der Waals surface area (Å²) in [5.41, 5.74) is 17.5. The van der Waals surface area contributed by atoms with Crippen LogP contribution in [-0.2, 0) is 0 Å². The largest absolute Gasteiger partial charge is 0.473 e. The van der Waals surface area contributed by atoms with Crippen LogP contribution >= 0.6 is 15.9 Å². The molecule has 2 atom stereocenters. The average molecular weight is 369 g/mol. The smallest absolute Gasteiger partial charge is 0.201 e. The van der Waals surface area contributed by atoms with Crippen molar-refractivity contribution >= 4 is 28.0 Å². The number of hydrogen-bond acceptors (Lipinski definition) is 7. The fourth-order valence-electron chi connectivity index (χ4n) is 2.23. The van der Waals surface area contributed by atoms with Crippen molar-refractivity contribution < 1.29 is 4.74 Å². The minimum absolute atomic E-state index is 0.242. The zero-order chi connectivity index (χ0) is 16.3. The summed E-state index contributed by atoms with van der Waals surface area (Å²) in [5.74, 6) is 1.19. The van der Waals surface area contributed by atoms with Gasteiger partial charge in [0.1, 0.15) is 16.2 Å². The second kappa shape index (κ2) is 6.72. The van der Waals surface area contributed by atoms with E-state index >= 15 is 0 Å². The minimum Gasteiger partial charge on any atom is -0.473 e. The van der Waals surface area contributed by atoms with Gasteiger partial charge >= 0.3 is 0 Å². The molecule has 8 heteroatoms. The van der Waals surface area contributed by atoms with Gasteiger partial charge in [-0.3, -0.25) is 10.7 Å². The maximum Gasteiger partial charge on any atom is 0.201 e. The molecule has 1 aliphatic rings. The summed E-state index contributed by atoms with van der Waals surface area (Å²) in [6.45, 7) is 4.51. The molecule has 22 heavy (non-hydrogen) atoms. The highest BCUT2D eigenvalue weighted by atomic mass is 79.9. The molecule has 6 N–H and O–H groups in total. The Hall–Kier alpha value is -1.51. The highest BCUT2D eigenvalue weighted by Crippen LogP contribution is 2.32. The Morgan fingerprint density at radius 2 is 2.18 bits per heavy atom. The Morgan fingerprint density at radius 3 is 2.77 bits per heavy atom. The van der Waals surface area contributed by atoms with Crippen LogP contribution in [0, 0.1) is 0 Å². The lowest BCUT2D eigenvalue weighted by Crippen LogP contribution is -2.55. The van der Waals surface area contributed by atoms with Gasteiger partial charge in [-0.05, 0) is 28.4 Å². The minimum atomic E-state index is -0.977. The maximum absolute atomic E-state index is 6.21. The van der Waals surface area contributed by atoms with Crippen LogP contribution in [0.5, 0.6) is 5.75 Å². The van der Waals surface area contributed by atoms with Gasteiger partial charge in [-0.2, -0.15) is 0 Å². The van der Waals surface area contributed by atoms with Gasteiger partial charge < -0.3 is 16.2 Å². The van der Waals surface area contributed by atoms with E-state index in [9.17, 15) is 0 Å². The second-order valence-corrected chi connectivity index (χ2v) is 6.25. The van der Waals surface area contributed by atoms with Crippen LogP contribution in [0.2, 0.25) is 0 Å². The molecule has 0 saturated heterocycles. The van der Waals surface area contributed by atoms with Crippen molar-refractivity contribution in [2.24, 2.45) is 27.2 Å². The number of rotatable bonds is 5. The number of hydrogen-bond donors (Lipinski definition) is 3. The van der Waals surface area contributed by atoms with Crippen LogP contribution in [0.15, 0.2) is 26.9 Å². The molecule has 120 valence electrons. The van der Waals surface area contributed by atoms with Crippen molar-refractivity contribution in [3.63, 3.8) is 0 Å². The quantitative estimate of drug-likeness (QED) is 0.671. The van der Waals surface area contributed by atoms with Crippen molar-refractivity contribution in [2.75, 3.05) is 6.54 Å². The number of nitrogens with two attached hydrogens (primary N) is 3. The molecule has 7 nitrogen and oxygen atoms in total. The topological polar surface area (TPSA) is 125 Å². The van der Waals surface area contributed by atoms with E-state index < -0.39 is 11.9 Å².